The van der Waals surface area contributed by atoms with Crippen LogP contribution in [0.2, 0.25) is 0 Å². The fourth-order valence-corrected chi connectivity index (χ4v) is 2.18. The summed E-state index contributed by atoms with van der Waals surface area (Å²) in [6.07, 6.45) is 2.22. The van der Waals surface area contributed by atoms with Crippen molar-refractivity contribution in [3.8, 4) is 0 Å². The zero-order chi connectivity index (χ0) is 13.1. The first-order chi connectivity index (χ1) is 8.63. The van der Waals surface area contributed by atoms with Gasteiger partial charge in [-0.3, -0.25) is 4.79 Å². The molecule has 18 heavy (non-hydrogen) atoms. The molecule has 1 saturated carbocycles. The lowest BCUT2D eigenvalue weighted by atomic mass is 10.1. The van der Waals surface area contributed by atoms with E-state index in [9.17, 15) is 4.79 Å². The number of alkyl halides is 1. The van der Waals surface area contributed by atoms with E-state index in [1.54, 1.807) is 0 Å². The van der Waals surface area contributed by atoms with Gasteiger partial charge in [0.15, 0.2) is 0 Å². The van der Waals surface area contributed by atoms with Crippen LogP contribution < -0.4 is 4.90 Å². The van der Waals surface area contributed by atoms with Crippen LogP contribution in [0.5, 0.6) is 0 Å². The Balaban J connectivity index is 2.11. The molecule has 0 heterocycles. The van der Waals surface area contributed by atoms with Gasteiger partial charge in [0, 0.05) is 43.8 Å². The van der Waals surface area contributed by atoms with Gasteiger partial charge in [-0.05, 0) is 37.1 Å². The highest BCUT2D eigenvalue weighted by atomic mass is 35.5. The van der Waals surface area contributed by atoms with Crippen molar-refractivity contribution in [3.05, 3.63) is 29.8 Å². The first-order valence-electron chi connectivity index (χ1n) is 6.28. The fraction of sp³-hybridized carbons (Fsp3) is 0.500. The van der Waals surface area contributed by atoms with Gasteiger partial charge in [0.25, 0.3) is 5.91 Å². The molecule has 1 aliphatic rings. The molecule has 0 atom stereocenters. The lowest BCUT2D eigenvalue weighted by Gasteiger charge is -2.21. The Bertz CT molecular complexity index is 412. The van der Waals surface area contributed by atoms with Gasteiger partial charge in [-0.1, -0.05) is 0 Å². The smallest absolute Gasteiger partial charge is 0.254 e. The summed E-state index contributed by atoms with van der Waals surface area (Å²) in [5, 5.41) is 0. The molecule has 1 aliphatic carbocycles. The Morgan fingerprint density at radius 2 is 1.89 bits per heavy atom. The van der Waals surface area contributed by atoms with Crippen LogP contribution in [0.25, 0.3) is 0 Å². The Morgan fingerprint density at radius 1 is 1.28 bits per heavy atom. The topological polar surface area (TPSA) is 23.6 Å². The number of halogens is 1. The van der Waals surface area contributed by atoms with Crippen LogP contribution >= 0.6 is 11.6 Å². The number of carbonyl (C=O) groups excluding carboxylic acids is 1. The summed E-state index contributed by atoms with van der Waals surface area (Å²) < 4.78 is 0. The van der Waals surface area contributed by atoms with E-state index in [-0.39, 0.29) is 5.91 Å². The third-order valence-electron chi connectivity index (χ3n) is 3.20. The molecular weight excluding hydrogens is 248 g/mol. The van der Waals surface area contributed by atoms with E-state index >= 15 is 0 Å². The van der Waals surface area contributed by atoms with Crippen molar-refractivity contribution in [3.63, 3.8) is 0 Å². The van der Waals surface area contributed by atoms with Crippen molar-refractivity contribution in [2.45, 2.75) is 18.9 Å². The van der Waals surface area contributed by atoms with Crippen molar-refractivity contribution in [2.24, 2.45) is 0 Å². The molecule has 1 aromatic rings. The normalized spacial score (nSPS) is 14.4. The van der Waals surface area contributed by atoms with Crippen molar-refractivity contribution < 1.29 is 4.79 Å². The van der Waals surface area contributed by atoms with Gasteiger partial charge in [0.1, 0.15) is 0 Å². The molecule has 98 valence electrons. The highest BCUT2D eigenvalue weighted by molar-refractivity contribution is 6.18. The number of benzene rings is 1. The van der Waals surface area contributed by atoms with Crippen LogP contribution in [-0.2, 0) is 0 Å². The molecule has 0 aromatic heterocycles. The molecular formula is C14H19ClN2O. The quantitative estimate of drug-likeness (QED) is 0.765. The van der Waals surface area contributed by atoms with Crippen molar-refractivity contribution in [1.29, 1.82) is 0 Å². The number of anilines is 1. The molecule has 0 unspecified atom stereocenters. The summed E-state index contributed by atoms with van der Waals surface area (Å²) >= 11 is 5.77. The zero-order valence-corrected chi connectivity index (χ0v) is 11.7. The highest BCUT2D eigenvalue weighted by Crippen LogP contribution is 2.28. The molecule has 0 radical (unpaired) electrons. The first-order valence-corrected chi connectivity index (χ1v) is 6.81. The third-order valence-corrected chi connectivity index (χ3v) is 3.37. The van der Waals surface area contributed by atoms with Gasteiger partial charge >= 0.3 is 0 Å². The van der Waals surface area contributed by atoms with Gasteiger partial charge in [-0.2, -0.15) is 0 Å². The minimum absolute atomic E-state index is 0.100. The molecule has 2 rings (SSSR count). The highest BCUT2D eigenvalue weighted by Gasteiger charge is 2.32. The second kappa shape index (κ2) is 5.61. The van der Waals surface area contributed by atoms with Crippen LogP contribution in [0.3, 0.4) is 0 Å². The van der Waals surface area contributed by atoms with E-state index in [1.165, 1.54) is 0 Å². The second-order valence-electron chi connectivity index (χ2n) is 4.86. The predicted molar refractivity (Wildman–Crippen MR) is 75.5 cm³/mol. The maximum atomic E-state index is 12.4. The van der Waals surface area contributed by atoms with Crippen molar-refractivity contribution in [1.82, 2.24) is 4.90 Å². The van der Waals surface area contributed by atoms with Gasteiger partial charge in [0.05, 0.1) is 0 Å². The van der Waals surface area contributed by atoms with Crippen LogP contribution in [0, 0.1) is 0 Å². The van der Waals surface area contributed by atoms with E-state index in [0.717, 1.165) is 24.1 Å². The summed E-state index contributed by atoms with van der Waals surface area (Å²) in [6.45, 7) is 0.639. The molecule has 4 heteroatoms. The number of hydrogen-bond acceptors (Lipinski definition) is 2. The van der Waals surface area contributed by atoms with E-state index in [0.29, 0.717) is 18.5 Å². The Kier molecular flexibility index (Phi) is 4.12. The maximum Gasteiger partial charge on any atom is 0.254 e. The number of hydrogen-bond donors (Lipinski definition) is 0. The molecule has 0 N–H and O–H groups in total. The van der Waals surface area contributed by atoms with E-state index < -0.39 is 0 Å². The Hall–Kier alpha value is -1.22. The molecule has 1 fully saturated rings. The lowest BCUT2D eigenvalue weighted by Crippen LogP contribution is -2.34. The Labute approximate surface area is 113 Å². The van der Waals surface area contributed by atoms with E-state index in [4.69, 9.17) is 11.6 Å². The molecule has 0 saturated heterocycles. The SMILES string of the molecule is CN(C)c1ccc(C(=O)N(CCCl)C2CC2)cc1. The summed E-state index contributed by atoms with van der Waals surface area (Å²) in [5.74, 6) is 0.598. The van der Waals surface area contributed by atoms with Crippen LogP contribution in [0.1, 0.15) is 23.2 Å². The van der Waals surface area contributed by atoms with Gasteiger partial charge < -0.3 is 9.80 Å². The minimum Gasteiger partial charge on any atom is -0.378 e. The van der Waals surface area contributed by atoms with Crippen LogP contribution in [0.15, 0.2) is 24.3 Å². The van der Waals surface area contributed by atoms with Crippen molar-refractivity contribution >= 4 is 23.2 Å². The fourth-order valence-electron chi connectivity index (χ4n) is 2.00. The van der Waals surface area contributed by atoms with Crippen LogP contribution in [-0.4, -0.2) is 43.4 Å². The molecule has 0 aliphatic heterocycles. The third kappa shape index (κ3) is 2.96. The number of carbonyl (C=O) groups is 1. The molecule has 3 nitrogen and oxygen atoms in total. The first kappa shape index (κ1) is 13.2. The number of nitrogens with zero attached hydrogens (tertiary/aromatic N) is 2. The standard InChI is InChI=1S/C14H19ClN2O/c1-16(2)12-5-3-11(4-6-12)14(18)17(10-9-15)13-7-8-13/h3-6,13H,7-10H2,1-2H3. The average Bonchev–Trinajstić information content (AvgIpc) is 3.19. The summed E-state index contributed by atoms with van der Waals surface area (Å²) in [4.78, 5) is 16.3. The van der Waals surface area contributed by atoms with Crippen LogP contribution in [0.4, 0.5) is 5.69 Å². The average molecular weight is 267 g/mol. The largest absolute Gasteiger partial charge is 0.378 e. The lowest BCUT2D eigenvalue weighted by molar-refractivity contribution is 0.0753. The molecule has 0 bridgehead atoms. The molecule has 1 amide bonds. The van der Waals surface area contributed by atoms with Gasteiger partial charge in [-0.15, -0.1) is 11.6 Å². The summed E-state index contributed by atoms with van der Waals surface area (Å²) in [5.41, 5.74) is 1.85. The molecule has 0 spiro atoms. The maximum absolute atomic E-state index is 12.4. The van der Waals surface area contributed by atoms with Gasteiger partial charge in [0.2, 0.25) is 0 Å². The van der Waals surface area contributed by atoms with E-state index in [1.807, 2.05) is 48.2 Å². The minimum atomic E-state index is 0.100. The monoisotopic (exact) mass is 266 g/mol. The predicted octanol–water partition coefficient (Wildman–Crippen LogP) is 2.60. The van der Waals surface area contributed by atoms with Gasteiger partial charge in [-0.25, -0.2) is 0 Å². The number of amides is 1. The van der Waals surface area contributed by atoms with Crippen molar-refractivity contribution in [2.75, 3.05) is 31.4 Å². The summed E-state index contributed by atoms with van der Waals surface area (Å²) in [6, 6.07) is 8.13. The summed E-state index contributed by atoms with van der Waals surface area (Å²) in [7, 11) is 3.97. The Morgan fingerprint density at radius 3 is 2.33 bits per heavy atom. The zero-order valence-electron chi connectivity index (χ0n) is 10.9. The second-order valence-corrected chi connectivity index (χ2v) is 5.24. The van der Waals surface area contributed by atoms with E-state index in [2.05, 4.69) is 0 Å². The molecule has 1 aromatic carbocycles. The number of rotatable bonds is 5.